The minimum atomic E-state index is -0.0230. The van der Waals surface area contributed by atoms with Gasteiger partial charge in [-0.2, -0.15) is 5.10 Å². The number of rotatable bonds is 3. The highest BCUT2D eigenvalue weighted by atomic mass is 32.2. The molecule has 2 heterocycles. The molecular weight excluding hydrogens is 260 g/mol. The smallest absolute Gasteiger partial charge is 0.193 e. The van der Waals surface area contributed by atoms with Crippen LogP contribution in [0.15, 0.2) is 22.6 Å². The van der Waals surface area contributed by atoms with E-state index in [0.717, 1.165) is 16.8 Å². The molecule has 0 radical (unpaired) electrons. The Hall–Kier alpha value is -2.02. The van der Waals surface area contributed by atoms with Gasteiger partial charge >= 0.3 is 0 Å². The molecule has 0 spiro atoms. The third-order valence-corrected chi connectivity index (χ3v) is 3.51. The van der Waals surface area contributed by atoms with Crippen molar-refractivity contribution < 1.29 is 0 Å². The molecule has 0 unspecified atom stereocenters. The first kappa shape index (κ1) is 13.4. The second kappa shape index (κ2) is 5.31. The van der Waals surface area contributed by atoms with E-state index in [-0.39, 0.29) is 5.84 Å². The van der Waals surface area contributed by atoms with Crippen LogP contribution >= 0.6 is 11.8 Å². The maximum Gasteiger partial charge on any atom is 0.193 e. The second-order valence-corrected chi connectivity index (χ2v) is 5.11. The highest BCUT2D eigenvalue weighted by Crippen LogP contribution is 2.27. The first-order valence-electron chi connectivity index (χ1n) is 5.64. The summed E-state index contributed by atoms with van der Waals surface area (Å²) in [5.74, 6) is -0.0230. The van der Waals surface area contributed by atoms with Gasteiger partial charge in [0.25, 0.3) is 0 Å². The van der Waals surface area contributed by atoms with E-state index in [1.165, 1.54) is 11.8 Å². The van der Waals surface area contributed by atoms with E-state index in [1.54, 1.807) is 12.4 Å². The third-order valence-electron chi connectivity index (χ3n) is 2.64. The van der Waals surface area contributed by atoms with E-state index in [0.29, 0.717) is 15.7 Å². The molecule has 2 rings (SSSR count). The number of aryl methyl sites for hydroxylation is 2. The highest BCUT2D eigenvalue weighted by Gasteiger charge is 2.15. The zero-order valence-corrected chi connectivity index (χ0v) is 11.7. The predicted octanol–water partition coefficient (Wildman–Crippen LogP) is 1.63. The normalized spacial score (nSPS) is 10.5. The number of nitrogens with two attached hydrogens (primary N) is 1. The molecule has 98 valence electrons. The lowest BCUT2D eigenvalue weighted by molar-refractivity contribution is 0.864. The van der Waals surface area contributed by atoms with Crippen LogP contribution < -0.4 is 5.73 Å². The van der Waals surface area contributed by atoms with Crippen LogP contribution in [0.25, 0.3) is 0 Å². The molecular formula is C12H14N6S. The molecule has 0 aliphatic carbocycles. The summed E-state index contributed by atoms with van der Waals surface area (Å²) in [6, 6.07) is 0. The number of nitrogens with one attached hydrogen (secondary N) is 1. The zero-order valence-electron chi connectivity index (χ0n) is 10.9. The monoisotopic (exact) mass is 274 g/mol. The van der Waals surface area contributed by atoms with Crippen LogP contribution in [-0.2, 0) is 0 Å². The summed E-state index contributed by atoms with van der Waals surface area (Å²) in [6.45, 7) is 5.64. The Bertz CT molecular complexity index is 623. The number of hydrogen-bond donors (Lipinski definition) is 2. The van der Waals surface area contributed by atoms with Crippen LogP contribution in [-0.4, -0.2) is 26.0 Å². The van der Waals surface area contributed by atoms with Crippen molar-refractivity contribution in [1.82, 2.24) is 20.2 Å². The van der Waals surface area contributed by atoms with Crippen molar-refractivity contribution in [1.29, 1.82) is 5.41 Å². The number of aromatic nitrogens is 4. The van der Waals surface area contributed by atoms with Crippen molar-refractivity contribution in [2.24, 2.45) is 5.73 Å². The fourth-order valence-electron chi connectivity index (χ4n) is 1.50. The molecule has 0 aliphatic heterocycles. The SMILES string of the molecule is Cc1cnc(Sc2nnc(C)c(C)c2C(=N)N)nc1. The number of amidine groups is 1. The van der Waals surface area contributed by atoms with Gasteiger partial charge in [-0.25, -0.2) is 9.97 Å². The van der Waals surface area contributed by atoms with E-state index >= 15 is 0 Å². The second-order valence-electron chi connectivity index (χ2n) is 4.15. The predicted molar refractivity (Wildman–Crippen MR) is 73.4 cm³/mol. The molecule has 0 aliphatic rings. The van der Waals surface area contributed by atoms with Gasteiger partial charge in [0.15, 0.2) is 5.16 Å². The van der Waals surface area contributed by atoms with Gasteiger partial charge in [0.05, 0.1) is 11.3 Å². The molecule has 2 aromatic rings. The van der Waals surface area contributed by atoms with E-state index in [9.17, 15) is 0 Å². The van der Waals surface area contributed by atoms with Crippen molar-refractivity contribution in [2.45, 2.75) is 31.0 Å². The summed E-state index contributed by atoms with van der Waals surface area (Å²) >= 11 is 1.26. The fraction of sp³-hybridized carbons (Fsp3) is 0.250. The molecule has 7 heteroatoms. The summed E-state index contributed by atoms with van der Waals surface area (Å²) in [5.41, 5.74) is 8.83. The van der Waals surface area contributed by atoms with Gasteiger partial charge in [0.2, 0.25) is 0 Å². The molecule has 0 atom stereocenters. The van der Waals surface area contributed by atoms with Gasteiger partial charge in [-0.15, -0.1) is 5.10 Å². The van der Waals surface area contributed by atoms with Crippen LogP contribution in [0, 0.1) is 26.2 Å². The van der Waals surface area contributed by atoms with Crippen LogP contribution in [0.3, 0.4) is 0 Å². The van der Waals surface area contributed by atoms with E-state index in [4.69, 9.17) is 11.1 Å². The molecule has 0 saturated heterocycles. The average Bonchev–Trinajstić information content (AvgIpc) is 2.36. The van der Waals surface area contributed by atoms with Crippen LogP contribution in [0.4, 0.5) is 0 Å². The number of nitrogens with zero attached hydrogens (tertiary/aromatic N) is 4. The highest BCUT2D eigenvalue weighted by molar-refractivity contribution is 7.99. The number of nitrogen functional groups attached to an aromatic ring is 1. The quantitative estimate of drug-likeness (QED) is 0.501. The summed E-state index contributed by atoms with van der Waals surface area (Å²) in [6.07, 6.45) is 3.47. The standard InChI is InChI=1S/C12H14N6S/c1-6-4-15-12(16-5-6)19-11-9(10(13)14)7(2)8(3)17-18-11/h4-5H,1-3H3,(H3,13,14). The van der Waals surface area contributed by atoms with Crippen molar-refractivity contribution in [2.75, 3.05) is 0 Å². The molecule has 0 bridgehead atoms. The van der Waals surface area contributed by atoms with E-state index in [2.05, 4.69) is 20.2 Å². The van der Waals surface area contributed by atoms with Crippen molar-refractivity contribution in [3.05, 3.63) is 34.8 Å². The van der Waals surface area contributed by atoms with E-state index < -0.39 is 0 Å². The topological polar surface area (TPSA) is 101 Å². The lowest BCUT2D eigenvalue weighted by Crippen LogP contribution is -2.17. The van der Waals surface area contributed by atoms with Gasteiger partial charge in [0.1, 0.15) is 10.9 Å². The van der Waals surface area contributed by atoms with Gasteiger partial charge in [-0.1, -0.05) is 0 Å². The van der Waals surface area contributed by atoms with Gasteiger partial charge in [-0.3, -0.25) is 5.41 Å². The molecule has 19 heavy (non-hydrogen) atoms. The molecule has 2 aromatic heterocycles. The average molecular weight is 274 g/mol. The van der Waals surface area contributed by atoms with Crippen LogP contribution in [0.2, 0.25) is 0 Å². The minimum Gasteiger partial charge on any atom is -0.384 e. The minimum absolute atomic E-state index is 0.0230. The zero-order chi connectivity index (χ0) is 14.0. The van der Waals surface area contributed by atoms with Gasteiger partial charge in [0, 0.05) is 12.4 Å². The molecule has 0 fully saturated rings. The Balaban J connectivity index is 2.42. The van der Waals surface area contributed by atoms with Crippen LogP contribution in [0.1, 0.15) is 22.4 Å². The summed E-state index contributed by atoms with van der Waals surface area (Å²) < 4.78 is 0. The molecule has 0 aromatic carbocycles. The Morgan fingerprint density at radius 1 is 1.16 bits per heavy atom. The summed E-state index contributed by atoms with van der Waals surface area (Å²) in [4.78, 5) is 8.40. The van der Waals surface area contributed by atoms with Crippen molar-refractivity contribution >= 4 is 17.6 Å². The molecule has 0 amide bonds. The molecule has 6 nitrogen and oxygen atoms in total. The third kappa shape index (κ3) is 2.87. The Labute approximate surface area is 115 Å². The fourth-order valence-corrected chi connectivity index (χ4v) is 2.33. The molecule has 0 saturated carbocycles. The van der Waals surface area contributed by atoms with Crippen molar-refractivity contribution in [3.8, 4) is 0 Å². The maximum atomic E-state index is 7.67. The molecule has 3 N–H and O–H groups in total. The van der Waals surface area contributed by atoms with E-state index in [1.807, 2.05) is 20.8 Å². The lowest BCUT2D eigenvalue weighted by atomic mass is 10.1. The Morgan fingerprint density at radius 3 is 2.37 bits per heavy atom. The Kier molecular flexibility index (Phi) is 3.75. The number of hydrogen-bond acceptors (Lipinski definition) is 6. The largest absolute Gasteiger partial charge is 0.384 e. The first-order chi connectivity index (χ1) is 8.99. The van der Waals surface area contributed by atoms with Crippen molar-refractivity contribution in [3.63, 3.8) is 0 Å². The van der Waals surface area contributed by atoms with Gasteiger partial charge in [-0.05, 0) is 43.7 Å². The summed E-state index contributed by atoms with van der Waals surface area (Å²) in [5, 5.41) is 16.9. The summed E-state index contributed by atoms with van der Waals surface area (Å²) in [7, 11) is 0. The van der Waals surface area contributed by atoms with Crippen LogP contribution in [0.5, 0.6) is 0 Å². The first-order valence-corrected chi connectivity index (χ1v) is 6.45. The lowest BCUT2D eigenvalue weighted by Gasteiger charge is -2.10. The Morgan fingerprint density at radius 2 is 1.79 bits per heavy atom. The maximum absolute atomic E-state index is 7.67. The van der Waals surface area contributed by atoms with Gasteiger partial charge < -0.3 is 5.73 Å².